The molecule has 0 saturated carbocycles. The highest BCUT2D eigenvalue weighted by Crippen LogP contribution is 2.25. The van der Waals surface area contributed by atoms with Crippen molar-refractivity contribution in [1.29, 1.82) is 0 Å². The Labute approximate surface area is 240 Å². The molecule has 0 radical (unpaired) electrons. The smallest absolute Gasteiger partial charge is 0.264 e. The third kappa shape index (κ3) is 8.16. The summed E-state index contributed by atoms with van der Waals surface area (Å²) >= 11 is 3.46. The van der Waals surface area contributed by atoms with Gasteiger partial charge in [-0.25, -0.2) is 8.42 Å². The summed E-state index contributed by atoms with van der Waals surface area (Å²) in [5, 5.41) is 2.89. The predicted molar refractivity (Wildman–Crippen MR) is 159 cm³/mol. The summed E-state index contributed by atoms with van der Waals surface area (Å²) in [5.41, 5.74) is 2.24. The Kier molecular flexibility index (Phi) is 10.7. The normalized spacial score (nSPS) is 12.2. The van der Waals surface area contributed by atoms with Crippen molar-refractivity contribution in [3.8, 4) is 0 Å². The van der Waals surface area contributed by atoms with Crippen LogP contribution in [0.5, 0.6) is 0 Å². The Morgan fingerprint density at radius 3 is 2.15 bits per heavy atom. The molecule has 3 aromatic carbocycles. The molecule has 0 bridgehead atoms. The van der Waals surface area contributed by atoms with Crippen LogP contribution in [0.2, 0.25) is 0 Å². The molecule has 39 heavy (non-hydrogen) atoms. The van der Waals surface area contributed by atoms with Gasteiger partial charge in [-0.1, -0.05) is 79.2 Å². The van der Waals surface area contributed by atoms with Gasteiger partial charge in [0.2, 0.25) is 11.8 Å². The van der Waals surface area contributed by atoms with Gasteiger partial charge in [-0.2, -0.15) is 0 Å². The second kappa shape index (κ2) is 13.8. The molecule has 0 saturated heterocycles. The minimum Gasteiger partial charge on any atom is -0.354 e. The van der Waals surface area contributed by atoms with E-state index in [0.29, 0.717) is 12.2 Å². The van der Waals surface area contributed by atoms with Crippen molar-refractivity contribution in [2.45, 2.75) is 51.6 Å². The summed E-state index contributed by atoms with van der Waals surface area (Å²) in [6, 6.07) is 21.8. The number of carbonyl (C=O) groups excluding carboxylic acids is 2. The standard InChI is InChI=1S/C30H36BrN3O4S/c1-5-24-14-16-27(17-15-24)34(39(37,38)28-12-7-6-8-13-28)21-29(35)33(20-25-10-9-11-26(31)18-25)23(4)30(36)32-19-22(2)3/h6-18,22-23H,5,19-21H2,1-4H3,(H,32,36)/t23-/m1/s1. The first-order valence-corrected chi connectivity index (χ1v) is 15.2. The first-order valence-electron chi connectivity index (χ1n) is 13.0. The summed E-state index contributed by atoms with van der Waals surface area (Å²) < 4.78 is 29.6. The van der Waals surface area contributed by atoms with E-state index in [1.165, 1.54) is 17.0 Å². The van der Waals surface area contributed by atoms with Crippen LogP contribution >= 0.6 is 15.9 Å². The minimum atomic E-state index is -4.07. The first kappa shape index (κ1) is 30.4. The number of nitrogens with one attached hydrogen (secondary N) is 1. The monoisotopic (exact) mass is 613 g/mol. The lowest BCUT2D eigenvalue weighted by Crippen LogP contribution is -2.51. The lowest BCUT2D eigenvalue weighted by molar-refractivity contribution is -0.139. The zero-order valence-corrected chi connectivity index (χ0v) is 25.2. The van der Waals surface area contributed by atoms with Gasteiger partial charge in [0.15, 0.2) is 0 Å². The van der Waals surface area contributed by atoms with E-state index < -0.39 is 28.5 Å². The SMILES string of the molecule is CCc1ccc(N(CC(=O)N(Cc2cccc(Br)c2)[C@H](C)C(=O)NCC(C)C)S(=O)(=O)c2ccccc2)cc1. The van der Waals surface area contributed by atoms with Gasteiger partial charge in [0.05, 0.1) is 10.6 Å². The third-order valence-electron chi connectivity index (χ3n) is 6.34. The van der Waals surface area contributed by atoms with E-state index in [9.17, 15) is 18.0 Å². The third-order valence-corrected chi connectivity index (χ3v) is 8.62. The molecule has 208 valence electrons. The maximum absolute atomic E-state index is 13.9. The number of sulfonamides is 1. The number of benzene rings is 3. The average Bonchev–Trinajstić information content (AvgIpc) is 2.93. The highest BCUT2D eigenvalue weighted by Gasteiger charge is 2.32. The average molecular weight is 615 g/mol. The van der Waals surface area contributed by atoms with E-state index in [1.807, 2.05) is 57.2 Å². The maximum Gasteiger partial charge on any atom is 0.264 e. The number of carbonyl (C=O) groups is 2. The van der Waals surface area contributed by atoms with Crippen LogP contribution in [-0.2, 0) is 32.6 Å². The van der Waals surface area contributed by atoms with E-state index >= 15 is 0 Å². The van der Waals surface area contributed by atoms with Gasteiger partial charge in [-0.15, -0.1) is 0 Å². The van der Waals surface area contributed by atoms with Crippen molar-refractivity contribution in [2.75, 3.05) is 17.4 Å². The van der Waals surface area contributed by atoms with E-state index in [0.717, 1.165) is 26.3 Å². The van der Waals surface area contributed by atoms with Crippen molar-refractivity contribution >= 4 is 43.5 Å². The van der Waals surface area contributed by atoms with Gasteiger partial charge in [-0.05, 0) is 66.8 Å². The molecule has 0 fully saturated rings. The quantitative estimate of drug-likeness (QED) is 0.296. The molecule has 3 aromatic rings. The van der Waals surface area contributed by atoms with E-state index in [4.69, 9.17) is 0 Å². The van der Waals surface area contributed by atoms with Crippen molar-refractivity contribution in [3.05, 3.63) is 94.5 Å². The van der Waals surface area contributed by atoms with Gasteiger partial charge in [0.25, 0.3) is 10.0 Å². The summed E-state index contributed by atoms with van der Waals surface area (Å²) in [7, 11) is -4.07. The van der Waals surface area contributed by atoms with Gasteiger partial charge in [0.1, 0.15) is 12.6 Å². The molecule has 0 aliphatic heterocycles. The fourth-order valence-corrected chi connectivity index (χ4v) is 5.90. The molecule has 0 unspecified atom stereocenters. The van der Waals surface area contributed by atoms with E-state index in [-0.39, 0.29) is 23.3 Å². The Morgan fingerprint density at radius 1 is 0.897 bits per heavy atom. The number of aryl methyl sites for hydroxylation is 1. The van der Waals surface area contributed by atoms with Crippen LogP contribution in [0.1, 0.15) is 38.8 Å². The number of amides is 2. The summed E-state index contributed by atoms with van der Waals surface area (Å²) in [6.07, 6.45) is 0.800. The molecule has 0 heterocycles. The minimum absolute atomic E-state index is 0.0821. The predicted octanol–water partition coefficient (Wildman–Crippen LogP) is 5.40. The summed E-state index contributed by atoms with van der Waals surface area (Å²) in [6.45, 7) is 7.82. The zero-order chi connectivity index (χ0) is 28.6. The Hall–Kier alpha value is -3.17. The molecule has 3 rings (SSSR count). The van der Waals surface area contributed by atoms with Crippen LogP contribution in [0.3, 0.4) is 0 Å². The lowest BCUT2D eigenvalue weighted by Gasteiger charge is -2.32. The molecule has 0 aliphatic rings. The molecular formula is C30H36BrN3O4S. The van der Waals surface area contributed by atoms with Crippen molar-refractivity contribution in [2.24, 2.45) is 5.92 Å². The fraction of sp³-hybridized carbons (Fsp3) is 0.333. The zero-order valence-electron chi connectivity index (χ0n) is 22.8. The molecule has 1 atom stereocenters. The number of nitrogens with zero attached hydrogens (tertiary/aromatic N) is 2. The van der Waals surface area contributed by atoms with Crippen LogP contribution < -0.4 is 9.62 Å². The maximum atomic E-state index is 13.9. The number of hydrogen-bond donors (Lipinski definition) is 1. The highest BCUT2D eigenvalue weighted by molar-refractivity contribution is 9.10. The van der Waals surface area contributed by atoms with Gasteiger partial charge in [-0.3, -0.25) is 13.9 Å². The number of hydrogen-bond acceptors (Lipinski definition) is 4. The molecule has 0 spiro atoms. The van der Waals surface area contributed by atoms with Crippen molar-refractivity contribution in [1.82, 2.24) is 10.2 Å². The number of halogens is 1. The first-order chi connectivity index (χ1) is 18.5. The molecule has 0 aromatic heterocycles. The van der Waals surface area contributed by atoms with E-state index in [1.54, 1.807) is 37.3 Å². The van der Waals surface area contributed by atoms with Gasteiger partial charge >= 0.3 is 0 Å². The summed E-state index contributed by atoms with van der Waals surface area (Å²) in [4.78, 5) is 28.5. The van der Waals surface area contributed by atoms with Crippen LogP contribution in [0.4, 0.5) is 5.69 Å². The molecular weight excluding hydrogens is 578 g/mol. The summed E-state index contributed by atoms with van der Waals surface area (Å²) in [5.74, 6) is -0.536. The van der Waals surface area contributed by atoms with Gasteiger partial charge in [0, 0.05) is 17.6 Å². The second-order valence-corrected chi connectivity index (χ2v) is 12.6. The van der Waals surface area contributed by atoms with Crippen molar-refractivity contribution in [3.63, 3.8) is 0 Å². The molecule has 0 aliphatic carbocycles. The Balaban J connectivity index is 2.00. The Bertz CT molecular complexity index is 1360. The van der Waals surface area contributed by atoms with Gasteiger partial charge < -0.3 is 10.2 Å². The van der Waals surface area contributed by atoms with Crippen LogP contribution in [-0.4, -0.2) is 44.3 Å². The second-order valence-electron chi connectivity index (χ2n) is 9.81. The molecule has 1 N–H and O–H groups in total. The highest BCUT2D eigenvalue weighted by atomic mass is 79.9. The fourth-order valence-electron chi connectivity index (χ4n) is 4.01. The molecule has 9 heteroatoms. The topological polar surface area (TPSA) is 86.8 Å². The van der Waals surface area contributed by atoms with E-state index in [2.05, 4.69) is 21.2 Å². The Morgan fingerprint density at radius 2 is 1.56 bits per heavy atom. The lowest BCUT2D eigenvalue weighted by atomic mass is 10.1. The largest absolute Gasteiger partial charge is 0.354 e. The number of rotatable bonds is 12. The van der Waals surface area contributed by atoms with Crippen LogP contribution in [0.25, 0.3) is 0 Å². The molecule has 7 nitrogen and oxygen atoms in total. The number of anilines is 1. The van der Waals surface area contributed by atoms with Crippen LogP contribution in [0.15, 0.2) is 88.2 Å². The van der Waals surface area contributed by atoms with Crippen LogP contribution in [0, 0.1) is 5.92 Å². The molecule has 2 amide bonds. The van der Waals surface area contributed by atoms with Crippen molar-refractivity contribution < 1.29 is 18.0 Å².